The first kappa shape index (κ1) is 6.35. The third kappa shape index (κ3) is 1.32. The van der Waals surface area contributed by atoms with Crippen LogP contribution in [0, 0.1) is 11.5 Å². The highest BCUT2D eigenvalue weighted by Gasteiger charge is 1.99. The lowest BCUT2D eigenvalue weighted by molar-refractivity contribution is -0.706. The van der Waals surface area contributed by atoms with Crippen molar-refractivity contribution in [1.82, 2.24) is 5.10 Å². The average molecular weight is 141 g/mol. The molecule has 0 aliphatic heterocycles. The molecule has 1 rings (SSSR count). The summed E-state index contributed by atoms with van der Waals surface area (Å²) in [7, 11) is 0. The molecular formula is C5H5N2OS. The third-order valence-corrected chi connectivity index (χ3v) is 1.42. The van der Waals surface area contributed by atoms with E-state index >= 15 is 0 Å². The van der Waals surface area contributed by atoms with Gasteiger partial charge in [-0.2, -0.15) is 0 Å². The molecule has 0 bridgehead atoms. The summed E-state index contributed by atoms with van der Waals surface area (Å²) in [5, 5.41) is 14.6. The van der Waals surface area contributed by atoms with Gasteiger partial charge in [0.15, 0.2) is 0 Å². The Bertz CT molecular complexity index is 204. The highest BCUT2D eigenvalue weighted by atomic mass is 32.2. The van der Waals surface area contributed by atoms with Crippen LogP contribution < -0.4 is 4.85 Å². The van der Waals surface area contributed by atoms with Gasteiger partial charge < -0.3 is 5.21 Å². The van der Waals surface area contributed by atoms with E-state index in [2.05, 4.69) is 11.4 Å². The minimum Gasteiger partial charge on any atom is -0.593 e. The van der Waals surface area contributed by atoms with Crippen LogP contribution in [0.15, 0.2) is 23.4 Å². The van der Waals surface area contributed by atoms with E-state index in [0.29, 0.717) is 9.87 Å². The van der Waals surface area contributed by atoms with Gasteiger partial charge in [0.1, 0.15) is 0 Å². The summed E-state index contributed by atoms with van der Waals surface area (Å²) in [6, 6.07) is 3.36. The number of hydrogen-bond donors (Lipinski definition) is 0. The first-order chi connectivity index (χ1) is 4.34. The van der Waals surface area contributed by atoms with Crippen molar-refractivity contribution in [2.45, 2.75) is 5.03 Å². The van der Waals surface area contributed by atoms with Crippen molar-refractivity contribution >= 4 is 11.8 Å². The number of rotatable bonds is 1. The predicted octanol–water partition coefficient (Wildman–Crippen LogP) is 0.599. The molecule has 3 nitrogen and oxygen atoms in total. The Labute approximate surface area is 57.3 Å². The molecule has 47 valence electrons. The van der Waals surface area contributed by atoms with Crippen molar-refractivity contribution in [3.8, 4) is 0 Å². The Morgan fingerprint density at radius 3 is 3.00 bits per heavy atom. The molecule has 0 aliphatic carbocycles. The standard InChI is InChI=1S/C5H5N2OS/c1-9-5-3-2-4-6-7(5)8/h2-4H,1H2. The molecule has 9 heavy (non-hydrogen) atoms. The highest BCUT2D eigenvalue weighted by molar-refractivity contribution is 8.00. The Morgan fingerprint density at radius 2 is 2.56 bits per heavy atom. The largest absolute Gasteiger partial charge is 0.593 e. The molecule has 1 aromatic heterocycles. The summed E-state index contributed by atoms with van der Waals surface area (Å²) in [4.78, 5) is 0.539. The quantitative estimate of drug-likeness (QED) is 0.326. The van der Waals surface area contributed by atoms with Crippen LogP contribution in [0.25, 0.3) is 0 Å². The lowest BCUT2D eigenvalue weighted by atomic mass is 10.6. The number of nitrogens with zero attached hydrogens (tertiary/aromatic N) is 2. The fraction of sp³-hybridized carbons (Fsp3) is 0. The number of thioether (sulfide) groups is 1. The molecule has 0 saturated heterocycles. The van der Waals surface area contributed by atoms with Gasteiger partial charge in [-0.1, -0.05) is 11.8 Å². The van der Waals surface area contributed by atoms with Gasteiger partial charge in [-0.25, -0.2) is 0 Å². The monoisotopic (exact) mass is 141 g/mol. The van der Waals surface area contributed by atoms with E-state index in [1.54, 1.807) is 12.1 Å². The molecule has 0 amide bonds. The minimum absolute atomic E-state index is 0.512. The molecule has 0 atom stereocenters. The molecule has 0 fully saturated rings. The van der Waals surface area contributed by atoms with Crippen molar-refractivity contribution in [1.29, 1.82) is 0 Å². The summed E-state index contributed by atoms with van der Waals surface area (Å²) >= 11 is 1.13. The SMILES string of the molecule is [CH2]Sc1cccn[n+]1[O-]. The molecule has 0 aliphatic rings. The van der Waals surface area contributed by atoms with Crippen molar-refractivity contribution < 1.29 is 4.85 Å². The van der Waals surface area contributed by atoms with Crippen molar-refractivity contribution in [2.75, 3.05) is 0 Å². The van der Waals surface area contributed by atoms with E-state index in [1.807, 2.05) is 0 Å². The van der Waals surface area contributed by atoms with Crippen molar-refractivity contribution in [3.05, 3.63) is 29.8 Å². The molecule has 0 spiro atoms. The smallest absolute Gasteiger partial charge is 0.279 e. The van der Waals surface area contributed by atoms with Gasteiger partial charge in [-0.15, -0.1) is 0 Å². The first-order valence-electron chi connectivity index (χ1n) is 2.31. The van der Waals surface area contributed by atoms with E-state index in [-0.39, 0.29) is 0 Å². The third-order valence-electron chi connectivity index (χ3n) is 0.833. The van der Waals surface area contributed by atoms with Crippen molar-refractivity contribution in [2.24, 2.45) is 0 Å². The molecular weight excluding hydrogens is 136 g/mol. The van der Waals surface area contributed by atoms with Gasteiger partial charge in [-0.3, -0.25) is 0 Å². The number of aromatic nitrogens is 2. The first-order valence-corrected chi connectivity index (χ1v) is 3.30. The molecule has 1 radical (unpaired) electrons. The molecule has 1 heterocycles. The van der Waals surface area contributed by atoms with Gasteiger partial charge >= 0.3 is 0 Å². The van der Waals surface area contributed by atoms with Crippen LogP contribution in [0.5, 0.6) is 0 Å². The normalized spacial score (nSPS) is 9.44. The summed E-state index contributed by atoms with van der Waals surface area (Å²) in [5.74, 6) is 0. The van der Waals surface area contributed by atoms with Gasteiger partial charge in [-0.05, 0) is 10.9 Å². The molecule has 0 N–H and O–H groups in total. The summed E-state index contributed by atoms with van der Waals surface area (Å²) in [5.41, 5.74) is 0. The Morgan fingerprint density at radius 1 is 1.78 bits per heavy atom. The van der Waals surface area contributed by atoms with Crippen LogP contribution in [-0.2, 0) is 0 Å². The Kier molecular flexibility index (Phi) is 1.89. The lowest BCUT2D eigenvalue weighted by Gasteiger charge is -1.94. The molecule has 0 unspecified atom stereocenters. The molecule has 1 aromatic rings. The minimum atomic E-state index is 0.512. The second-order valence-electron chi connectivity index (χ2n) is 1.38. The molecule has 0 saturated carbocycles. The summed E-state index contributed by atoms with van der Waals surface area (Å²) in [6.45, 7) is 0. The maximum atomic E-state index is 10.6. The van der Waals surface area contributed by atoms with Crippen LogP contribution in [0.4, 0.5) is 0 Å². The van der Waals surface area contributed by atoms with Gasteiger partial charge in [0.05, 0.1) is 6.20 Å². The van der Waals surface area contributed by atoms with Gasteiger partial charge in [0, 0.05) is 17.4 Å². The second-order valence-corrected chi connectivity index (χ2v) is 2.09. The Hall–Kier alpha value is -0.770. The summed E-state index contributed by atoms with van der Waals surface area (Å²) < 4.78 is 0. The zero-order chi connectivity index (χ0) is 6.69. The molecule has 0 aromatic carbocycles. The van der Waals surface area contributed by atoms with E-state index in [4.69, 9.17) is 0 Å². The van der Waals surface area contributed by atoms with Crippen LogP contribution in [0.1, 0.15) is 0 Å². The lowest BCUT2D eigenvalue weighted by Crippen LogP contribution is -2.32. The maximum absolute atomic E-state index is 10.6. The Balaban J connectivity index is 3.01. The van der Waals surface area contributed by atoms with Crippen LogP contribution >= 0.6 is 11.8 Å². The van der Waals surface area contributed by atoms with E-state index < -0.39 is 0 Å². The molecule has 4 heteroatoms. The van der Waals surface area contributed by atoms with E-state index in [9.17, 15) is 5.21 Å². The fourth-order valence-corrected chi connectivity index (χ4v) is 0.781. The van der Waals surface area contributed by atoms with Crippen LogP contribution in [0.3, 0.4) is 0 Å². The van der Waals surface area contributed by atoms with Crippen molar-refractivity contribution in [3.63, 3.8) is 0 Å². The average Bonchev–Trinajstić information content (AvgIpc) is 1.89. The van der Waals surface area contributed by atoms with Crippen LogP contribution in [0.2, 0.25) is 0 Å². The zero-order valence-electron chi connectivity index (χ0n) is 4.65. The predicted molar refractivity (Wildman–Crippen MR) is 34.4 cm³/mol. The summed E-state index contributed by atoms with van der Waals surface area (Å²) in [6.07, 6.45) is 4.91. The van der Waals surface area contributed by atoms with E-state index in [1.165, 1.54) is 6.20 Å². The zero-order valence-corrected chi connectivity index (χ0v) is 5.47. The maximum Gasteiger partial charge on any atom is 0.279 e. The topological polar surface area (TPSA) is 39.8 Å². The van der Waals surface area contributed by atoms with Gasteiger partial charge in [0.2, 0.25) is 0 Å². The highest BCUT2D eigenvalue weighted by Crippen LogP contribution is 2.07. The second kappa shape index (κ2) is 2.68. The van der Waals surface area contributed by atoms with E-state index in [0.717, 1.165) is 11.8 Å². The van der Waals surface area contributed by atoms with Gasteiger partial charge in [0.25, 0.3) is 5.03 Å². The fourth-order valence-electron chi connectivity index (χ4n) is 0.448. The van der Waals surface area contributed by atoms with Crippen LogP contribution in [-0.4, -0.2) is 5.10 Å². The number of hydrogen-bond acceptors (Lipinski definition) is 3.